The second-order valence-corrected chi connectivity index (χ2v) is 7.70. The maximum Gasteiger partial charge on any atom is 0.194 e. The fourth-order valence-corrected chi connectivity index (χ4v) is 4.20. The summed E-state index contributed by atoms with van der Waals surface area (Å²) in [5.74, 6) is 0. The third kappa shape index (κ3) is 2.93. The smallest absolute Gasteiger partial charge is 0.194 e. The van der Waals surface area contributed by atoms with E-state index in [2.05, 4.69) is 39.6 Å². The van der Waals surface area contributed by atoms with E-state index < -0.39 is 0 Å². The molecule has 0 unspecified atom stereocenters. The molecule has 120 valence electrons. The summed E-state index contributed by atoms with van der Waals surface area (Å²) in [5, 5.41) is 3.57. The lowest BCUT2D eigenvalue weighted by Gasteiger charge is -2.33. The van der Waals surface area contributed by atoms with Crippen molar-refractivity contribution in [3.8, 4) is 0 Å². The first-order chi connectivity index (χ1) is 10.7. The van der Waals surface area contributed by atoms with Gasteiger partial charge in [-0.2, -0.15) is 0 Å². The van der Waals surface area contributed by atoms with E-state index in [1.165, 1.54) is 23.4 Å². The van der Waals surface area contributed by atoms with Crippen molar-refractivity contribution in [1.29, 1.82) is 0 Å². The average Bonchev–Trinajstić information content (AvgIpc) is 3.23. The Morgan fingerprint density at radius 3 is 3.09 bits per heavy atom. The van der Waals surface area contributed by atoms with Crippen LogP contribution in [0, 0.1) is 13.8 Å². The minimum absolute atomic E-state index is 0.322. The topological polar surface area (TPSA) is 41.8 Å². The molecule has 0 amide bonds. The van der Waals surface area contributed by atoms with E-state index in [-0.39, 0.29) is 0 Å². The van der Waals surface area contributed by atoms with Crippen LogP contribution < -0.4 is 5.32 Å². The summed E-state index contributed by atoms with van der Waals surface area (Å²) in [6.07, 6.45) is 5.26. The lowest BCUT2D eigenvalue weighted by atomic mass is 10.2. The van der Waals surface area contributed by atoms with E-state index in [1.54, 1.807) is 11.3 Å². The van der Waals surface area contributed by atoms with E-state index in [1.807, 2.05) is 0 Å². The normalized spacial score (nSPS) is 23.5. The third-order valence-electron chi connectivity index (χ3n) is 4.64. The quantitative estimate of drug-likeness (QED) is 0.914. The molecule has 0 radical (unpaired) electrons. The molecular formula is C16H24N4OS. The zero-order valence-electron chi connectivity index (χ0n) is 13.3. The summed E-state index contributed by atoms with van der Waals surface area (Å²) in [7, 11) is 0. The molecule has 0 spiro atoms. The number of aromatic nitrogens is 2. The SMILES string of the molecule is Cc1cn2c(CNC[C@@H]3CN(C4CC4)CCO3)c(C)nc2s1. The molecule has 1 aliphatic heterocycles. The van der Waals surface area contributed by atoms with Gasteiger partial charge in [-0.25, -0.2) is 4.98 Å². The highest BCUT2D eigenvalue weighted by Gasteiger charge is 2.32. The number of rotatable bonds is 5. The largest absolute Gasteiger partial charge is 0.374 e. The maximum absolute atomic E-state index is 5.90. The van der Waals surface area contributed by atoms with Crippen LogP contribution in [0.2, 0.25) is 0 Å². The Kier molecular flexibility index (Phi) is 3.94. The number of hydrogen-bond acceptors (Lipinski definition) is 5. The molecule has 3 heterocycles. The van der Waals surface area contributed by atoms with Gasteiger partial charge >= 0.3 is 0 Å². The van der Waals surface area contributed by atoms with Gasteiger partial charge in [-0.15, -0.1) is 11.3 Å². The summed E-state index contributed by atoms with van der Waals surface area (Å²) < 4.78 is 8.13. The number of hydrogen-bond donors (Lipinski definition) is 1. The lowest BCUT2D eigenvalue weighted by molar-refractivity contribution is -0.0301. The number of fused-ring (bicyclic) bond motifs is 1. The van der Waals surface area contributed by atoms with Crippen molar-refractivity contribution in [3.05, 3.63) is 22.5 Å². The fourth-order valence-electron chi connectivity index (χ4n) is 3.31. The molecule has 4 rings (SSSR count). The molecule has 2 aliphatic rings. The maximum atomic E-state index is 5.90. The molecule has 1 saturated carbocycles. The van der Waals surface area contributed by atoms with E-state index in [0.29, 0.717) is 6.10 Å². The van der Waals surface area contributed by atoms with Crippen LogP contribution in [0.25, 0.3) is 4.96 Å². The summed E-state index contributed by atoms with van der Waals surface area (Å²) in [6, 6.07) is 0.844. The Hall–Kier alpha value is -0.950. The van der Waals surface area contributed by atoms with Crippen LogP contribution in [0.1, 0.15) is 29.1 Å². The van der Waals surface area contributed by atoms with Crippen LogP contribution in [0.3, 0.4) is 0 Å². The summed E-state index contributed by atoms with van der Waals surface area (Å²) in [5.41, 5.74) is 2.40. The van der Waals surface area contributed by atoms with Crippen molar-refractivity contribution in [2.45, 2.75) is 45.4 Å². The van der Waals surface area contributed by atoms with Crippen LogP contribution in [0.4, 0.5) is 0 Å². The van der Waals surface area contributed by atoms with E-state index in [9.17, 15) is 0 Å². The van der Waals surface area contributed by atoms with Gasteiger partial charge < -0.3 is 10.1 Å². The van der Waals surface area contributed by atoms with Crippen LogP contribution in [-0.4, -0.2) is 52.7 Å². The van der Waals surface area contributed by atoms with Gasteiger partial charge in [-0.1, -0.05) is 0 Å². The zero-order valence-corrected chi connectivity index (χ0v) is 14.2. The molecule has 1 saturated heterocycles. The molecule has 22 heavy (non-hydrogen) atoms. The highest BCUT2D eigenvalue weighted by atomic mass is 32.1. The number of ether oxygens (including phenoxy) is 1. The van der Waals surface area contributed by atoms with Gasteiger partial charge in [-0.05, 0) is 26.7 Å². The van der Waals surface area contributed by atoms with Gasteiger partial charge in [0, 0.05) is 43.3 Å². The van der Waals surface area contributed by atoms with Crippen LogP contribution in [-0.2, 0) is 11.3 Å². The number of nitrogens with one attached hydrogen (secondary N) is 1. The van der Waals surface area contributed by atoms with Gasteiger partial charge in [0.15, 0.2) is 4.96 Å². The molecule has 0 bridgehead atoms. The predicted octanol–water partition coefficient (Wildman–Crippen LogP) is 1.97. The first-order valence-electron chi connectivity index (χ1n) is 8.21. The van der Waals surface area contributed by atoms with Crippen molar-refractivity contribution >= 4 is 16.3 Å². The van der Waals surface area contributed by atoms with Crippen molar-refractivity contribution in [2.75, 3.05) is 26.2 Å². The van der Waals surface area contributed by atoms with Crippen molar-refractivity contribution < 1.29 is 4.74 Å². The summed E-state index contributed by atoms with van der Waals surface area (Å²) in [6.45, 7) is 9.06. The van der Waals surface area contributed by atoms with Gasteiger partial charge in [0.25, 0.3) is 0 Å². The Morgan fingerprint density at radius 2 is 2.27 bits per heavy atom. The standard InChI is InChI=1S/C16H24N4OS/c1-11-9-20-15(12(2)18-16(20)22-11)8-17-7-14-10-19(5-6-21-14)13-3-4-13/h9,13-14,17H,3-8,10H2,1-2H3/t14-/m1/s1. The number of imidazole rings is 1. The van der Waals surface area contributed by atoms with Gasteiger partial charge in [0.2, 0.25) is 0 Å². The lowest BCUT2D eigenvalue weighted by Crippen LogP contribution is -2.47. The molecule has 1 atom stereocenters. The Bertz CT molecular complexity index is 660. The molecule has 1 aliphatic carbocycles. The Labute approximate surface area is 135 Å². The predicted molar refractivity (Wildman–Crippen MR) is 88.6 cm³/mol. The zero-order chi connectivity index (χ0) is 15.1. The van der Waals surface area contributed by atoms with Crippen LogP contribution in [0.5, 0.6) is 0 Å². The van der Waals surface area contributed by atoms with Crippen molar-refractivity contribution in [1.82, 2.24) is 19.6 Å². The molecular weight excluding hydrogens is 296 g/mol. The van der Waals surface area contributed by atoms with Crippen molar-refractivity contribution in [3.63, 3.8) is 0 Å². The first-order valence-corrected chi connectivity index (χ1v) is 9.02. The van der Waals surface area contributed by atoms with Crippen LogP contribution in [0.15, 0.2) is 6.20 Å². The van der Waals surface area contributed by atoms with E-state index in [0.717, 1.165) is 49.5 Å². The number of thiazole rings is 1. The van der Waals surface area contributed by atoms with Gasteiger partial charge in [0.1, 0.15) is 0 Å². The van der Waals surface area contributed by atoms with Crippen molar-refractivity contribution in [2.24, 2.45) is 0 Å². The van der Waals surface area contributed by atoms with Crippen LogP contribution >= 0.6 is 11.3 Å². The summed E-state index contributed by atoms with van der Waals surface area (Å²) >= 11 is 1.75. The highest BCUT2D eigenvalue weighted by molar-refractivity contribution is 7.17. The molecule has 5 nitrogen and oxygen atoms in total. The average molecular weight is 320 g/mol. The summed E-state index contributed by atoms with van der Waals surface area (Å²) in [4.78, 5) is 9.65. The third-order valence-corrected chi connectivity index (χ3v) is 5.54. The number of aryl methyl sites for hydroxylation is 2. The first kappa shape index (κ1) is 14.6. The monoisotopic (exact) mass is 320 g/mol. The second-order valence-electron chi connectivity index (χ2n) is 6.49. The minimum Gasteiger partial charge on any atom is -0.374 e. The van der Waals surface area contributed by atoms with E-state index >= 15 is 0 Å². The molecule has 2 aromatic heterocycles. The minimum atomic E-state index is 0.322. The fraction of sp³-hybridized carbons (Fsp3) is 0.688. The molecule has 2 aromatic rings. The molecule has 2 fully saturated rings. The van der Waals surface area contributed by atoms with E-state index in [4.69, 9.17) is 4.74 Å². The molecule has 6 heteroatoms. The number of morpholine rings is 1. The second kappa shape index (κ2) is 5.92. The van der Waals surface area contributed by atoms with Gasteiger partial charge in [0.05, 0.1) is 24.1 Å². The molecule has 0 aromatic carbocycles. The molecule has 1 N–H and O–H groups in total. The number of nitrogens with zero attached hydrogens (tertiary/aromatic N) is 3. The van der Waals surface area contributed by atoms with Gasteiger partial charge in [-0.3, -0.25) is 9.30 Å². The Balaban J connectivity index is 1.34. The highest BCUT2D eigenvalue weighted by Crippen LogP contribution is 2.28. The Morgan fingerprint density at radius 1 is 1.41 bits per heavy atom.